The van der Waals surface area contributed by atoms with Gasteiger partial charge in [0.15, 0.2) is 0 Å². The van der Waals surface area contributed by atoms with Crippen LogP contribution in [0.3, 0.4) is 0 Å². The van der Waals surface area contributed by atoms with Gasteiger partial charge in [-0.3, -0.25) is 9.78 Å². The van der Waals surface area contributed by atoms with Crippen LogP contribution in [0, 0.1) is 0 Å². The monoisotopic (exact) mass is 230 g/mol. The van der Waals surface area contributed by atoms with Gasteiger partial charge in [0.05, 0.1) is 5.69 Å². The third-order valence-electron chi connectivity index (χ3n) is 3.14. The number of nitrogens with two attached hydrogens (primary N) is 1. The Kier molecular flexibility index (Phi) is 3.91. The normalized spacial score (nSPS) is 19.9. The summed E-state index contributed by atoms with van der Waals surface area (Å²) in [5.74, 6) is 0.00463. The molecule has 90 valence electrons. The molecule has 0 spiro atoms. The van der Waals surface area contributed by atoms with Crippen molar-refractivity contribution in [3.8, 4) is 0 Å². The number of rotatable bonds is 2. The molecule has 3 nitrogen and oxygen atoms in total. The lowest BCUT2D eigenvalue weighted by atomic mass is 9.95. The number of carbonyl (C=O) groups is 1. The molecular formula is C14H18N2O. The lowest BCUT2D eigenvalue weighted by Crippen LogP contribution is -2.10. The van der Waals surface area contributed by atoms with E-state index >= 15 is 0 Å². The lowest BCUT2D eigenvalue weighted by Gasteiger charge is -2.11. The van der Waals surface area contributed by atoms with Crippen LogP contribution in [0.1, 0.15) is 49.0 Å². The maximum atomic E-state index is 12.3. The average molecular weight is 230 g/mol. The fraction of sp³-hybridized carbons (Fsp3) is 0.429. The van der Waals surface area contributed by atoms with Crippen LogP contribution in [0.15, 0.2) is 30.0 Å². The van der Waals surface area contributed by atoms with Crippen molar-refractivity contribution in [1.82, 2.24) is 4.98 Å². The summed E-state index contributed by atoms with van der Waals surface area (Å²) in [7, 11) is 0. The number of nitrogen functional groups attached to an aromatic ring is 1. The highest BCUT2D eigenvalue weighted by atomic mass is 16.1. The molecule has 1 aliphatic carbocycles. The van der Waals surface area contributed by atoms with E-state index in [1.54, 1.807) is 18.3 Å². The van der Waals surface area contributed by atoms with Gasteiger partial charge in [0.25, 0.3) is 0 Å². The Morgan fingerprint density at radius 3 is 2.88 bits per heavy atom. The van der Waals surface area contributed by atoms with Gasteiger partial charge in [-0.2, -0.15) is 0 Å². The van der Waals surface area contributed by atoms with Crippen molar-refractivity contribution >= 4 is 11.5 Å². The van der Waals surface area contributed by atoms with Crippen LogP contribution in [0.5, 0.6) is 0 Å². The Bertz CT molecular complexity index is 438. The van der Waals surface area contributed by atoms with Gasteiger partial charge in [0.1, 0.15) is 5.69 Å². The highest BCUT2D eigenvalue weighted by Crippen LogP contribution is 2.21. The molecule has 0 aliphatic heterocycles. The number of ketones is 1. The van der Waals surface area contributed by atoms with E-state index in [9.17, 15) is 4.79 Å². The van der Waals surface area contributed by atoms with E-state index in [0.29, 0.717) is 11.4 Å². The number of anilines is 1. The first-order valence-electron chi connectivity index (χ1n) is 6.23. The first-order chi connectivity index (χ1) is 8.29. The largest absolute Gasteiger partial charge is 0.397 e. The van der Waals surface area contributed by atoms with Crippen LogP contribution < -0.4 is 5.73 Å². The molecule has 2 rings (SSSR count). The van der Waals surface area contributed by atoms with Crippen molar-refractivity contribution in [2.45, 2.75) is 38.5 Å². The highest BCUT2D eigenvalue weighted by molar-refractivity contribution is 6.10. The SMILES string of the molecule is Nc1cccnc1C(=O)/C1=C/CCCCCC1. The van der Waals surface area contributed by atoms with E-state index in [4.69, 9.17) is 5.73 Å². The van der Waals surface area contributed by atoms with Crippen molar-refractivity contribution in [2.24, 2.45) is 0 Å². The van der Waals surface area contributed by atoms with Crippen molar-refractivity contribution in [3.05, 3.63) is 35.7 Å². The number of allylic oxidation sites excluding steroid dienone is 2. The standard InChI is InChI=1S/C14H18N2O/c15-12-9-6-10-16-13(12)14(17)11-7-4-2-1-3-5-8-11/h6-7,9-10H,1-5,8,15H2/b11-7+. The van der Waals surface area contributed by atoms with Gasteiger partial charge in [-0.25, -0.2) is 0 Å². The zero-order chi connectivity index (χ0) is 12.1. The summed E-state index contributed by atoms with van der Waals surface area (Å²) < 4.78 is 0. The number of hydrogen-bond acceptors (Lipinski definition) is 3. The summed E-state index contributed by atoms with van der Waals surface area (Å²) >= 11 is 0. The number of hydrogen-bond donors (Lipinski definition) is 1. The second-order valence-corrected chi connectivity index (χ2v) is 4.45. The molecule has 0 aromatic carbocycles. The van der Waals surface area contributed by atoms with Gasteiger partial charge in [0, 0.05) is 6.20 Å². The topological polar surface area (TPSA) is 56.0 Å². The van der Waals surface area contributed by atoms with Gasteiger partial charge in [0.2, 0.25) is 5.78 Å². The van der Waals surface area contributed by atoms with Crippen molar-refractivity contribution in [3.63, 3.8) is 0 Å². The Labute approximate surface area is 102 Å². The molecule has 0 unspecified atom stereocenters. The molecule has 1 aliphatic rings. The number of Topliss-reactive ketones (excluding diaryl/α,β-unsaturated/α-hetero) is 1. The summed E-state index contributed by atoms with van der Waals surface area (Å²) in [4.78, 5) is 16.4. The molecular weight excluding hydrogens is 212 g/mol. The van der Waals surface area contributed by atoms with Crippen LogP contribution >= 0.6 is 0 Å². The van der Waals surface area contributed by atoms with Crippen molar-refractivity contribution < 1.29 is 4.79 Å². The second kappa shape index (κ2) is 5.62. The molecule has 0 radical (unpaired) electrons. The highest BCUT2D eigenvalue weighted by Gasteiger charge is 2.16. The minimum Gasteiger partial charge on any atom is -0.397 e. The zero-order valence-corrected chi connectivity index (χ0v) is 9.98. The molecule has 0 fully saturated rings. The van der Waals surface area contributed by atoms with Crippen LogP contribution in [-0.2, 0) is 0 Å². The Balaban J connectivity index is 2.21. The number of nitrogens with zero attached hydrogens (tertiary/aromatic N) is 1. The van der Waals surface area contributed by atoms with Crippen molar-refractivity contribution in [1.29, 1.82) is 0 Å². The molecule has 1 aromatic heterocycles. The molecule has 0 saturated heterocycles. The van der Waals surface area contributed by atoms with Gasteiger partial charge >= 0.3 is 0 Å². The minimum atomic E-state index is 0.00463. The summed E-state index contributed by atoms with van der Waals surface area (Å²) in [5.41, 5.74) is 7.55. The summed E-state index contributed by atoms with van der Waals surface area (Å²) in [6, 6.07) is 3.47. The zero-order valence-electron chi connectivity index (χ0n) is 9.98. The molecule has 1 aromatic rings. The van der Waals surface area contributed by atoms with E-state index in [0.717, 1.165) is 24.8 Å². The van der Waals surface area contributed by atoms with Crippen LogP contribution in [-0.4, -0.2) is 10.8 Å². The van der Waals surface area contributed by atoms with Gasteiger partial charge < -0.3 is 5.73 Å². The smallest absolute Gasteiger partial charge is 0.209 e. The maximum Gasteiger partial charge on any atom is 0.209 e. The third kappa shape index (κ3) is 2.93. The van der Waals surface area contributed by atoms with Gasteiger partial charge in [-0.05, 0) is 43.4 Å². The van der Waals surface area contributed by atoms with Crippen LogP contribution in [0.2, 0.25) is 0 Å². The number of carbonyl (C=O) groups excluding carboxylic acids is 1. The fourth-order valence-corrected chi connectivity index (χ4v) is 2.16. The molecule has 0 atom stereocenters. The molecule has 0 saturated carbocycles. The van der Waals surface area contributed by atoms with Crippen molar-refractivity contribution in [2.75, 3.05) is 5.73 Å². The molecule has 0 amide bonds. The van der Waals surface area contributed by atoms with Gasteiger partial charge in [-0.15, -0.1) is 0 Å². The molecule has 3 heteroatoms. The number of pyridine rings is 1. The predicted molar refractivity (Wildman–Crippen MR) is 68.8 cm³/mol. The van der Waals surface area contributed by atoms with Crippen LogP contribution in [0.25, 0.3) is 0 Å². The van der Waals surface area contributed by atoms with E-state index in [2.05, 4.69) is 11.1 Å². The Morgan fingerprint density at radius 2 is 2.06 bits per heavy atom. The quantitative estimate of drug-likeness (QED) is 0.794. The predicted octanol–water partition coefficient (Wildman–Crippen LogP) is 3.13. The summed E-state index contributed by atoms with van der Waals surface area (Å²) in [5, 5.41) is 0. The van der Waals surface area contributed by atoms with Gasteiger partial charge in [-0.1, -0.05) is 18.9 Å². The summed E-state index contributed by atoms with van der Waals surface area (Å²) in [6.45, 7) is 0. The van der Waals surface area contributed by atoms with E-state index in [-0.39, 0.29) is 5.78 Å². The molecule has 1 heterocycles. The molecule has 17 heavy (non-hydrogen) atoms. The van der Waals surface area contributed by atoms with Crippen LogP contribution in [0.4, 0.5) is 5.69 Å². The van der Waals surface area contributed by atoms with E-state index in [1.807, 2.05) is 0 Å². The van der Waals surface area contributed by atoms with E-state index < -0.39 is 0 Å². The molecule has 0 bridgehead atoms. The van der Waals surface area contributed by atoms with E-state index in [1.165, 1.54) is 19.3 Å². The Morgan fingerprint density at radius 1 is 1.24 bits per heavy atom. The first kappa shape index (κ1) is 11.8. The fourth-order valence-electron chi connectivity index (χ4n) is 2.16. The second-order valence-electron chi connectivity index (χ2n) is 4.45. The average Bonchev–Trinajstić information content (AvgIpc) is 2.28. The molecule has 2 N–H and O–H groups in total. The third-order valence-corrected chi connectivity index (χ3v) is 3.14. The first-order valence-corrected chi connectivity index (χ1v) is 6.23. The Hall–Kier alpha value is -1.64. The maximum absolute atomic E-state index is 12.3. The lowest BCUT2D eigenvalue weighted by molar-refractivity contribution is 0.102. The summed E-state index contributed by atoms with van der Waals surface area (Å²) in [6.07, 6.45) is 10.3. The minimum absolute atomic E-state index is 0.00463. The number of aromatic nitrogens is 1.